The number of phenols is 1. The zero-order valence-corrected chi connectivity index (χ0v) is 10.2. The third-order valence-electron chi connectivity index (χ3n) is 2.87. The molecular formula is C15H17NO. The Hall–Kier alpha value is -1.96. The normalized spacial score (nSPS) is 10.2. The van der Waals surface area contributed by atoms with Crippen LogP contribution in [-0.4, -0.2) is 5.11 Å². The number of anilines is 1. The Kier molecular flexibility index (Phi) is 3.33. The summed E-state index contributed by atoms with van der Waals surface area (Å²) in [5.41, 5.74) is 4.27. The van der Waals surface area contributed by atoms with Gasteiger partial charge < -0.3 is 10.4 Å². The van der Waals surface area contributed by atoms with E-state index in [4.69, 9.17) is 0 Å². The summed E-state index contributed by atoms with van der Waals surface area (Å²) in [6.07, 6.45) is 0. The van der Waals surface area contributed by atoms with E-state index in [1.54, 1.807) is 6.07 Å². The summed E-state index contributed by atoms with van der Waals surface area (Å²) in [4.78, 5) is 0. The molecule has 0 saturated heterocycles. The topological polar surface area (TPSA) is 32.3 Å². The Morgan fingerprint density at radius 1 is 1.00 bits per heavy atom. The lowest BCUT2D eigenvalue weighted by Crippen LogP contribution is -2.01. The Morgan fingerprint density at radius 2 is 1.71 bits per heavy atom. The van der Waals surface area contributed by atoms with E-state index in [9.17, 15) is 5.11 Å². The summed E-state index contributed by atoms with van der Waals surface area (Å²) in [5.74, 6) is 0.354. The summed E-state index contributed by atoms with van der Waals surface area (Å²) in [6, 6.07) is 14.0. The molecule has 0 spiro atoms. The number of hydrogen-bond donors (Lipinski definition) is 2. The van der Waals surface area contributed by atoms with Crippen molar-refractivity contribution in [3.05, 3.63) is 59.2 Å². The highest BCUT2D eigenvalue weighted by molar-refractivity contribution is 5.56. The first kappa shape index (κ1) is 11.5. The minimum atomic E-state index is 0.354. The van der Waals surface area contributed by atoms with Gasteiger partial charge in [-0.3, -0.25) is 0 Å². The molecule has 0 aliphatic rings. The number of phenolic OH excluding ortho intramolecular Hbond substituents is 1. The van der Waals surface area contributed by atoms with Crippen molar-refractivity contribution in [2.24, 2.45) is 0 Å². The predicted molar refractivity (Wildman–Crippen MR) is 71.3 cm³/mol. The summed E-state index contributed by atoms with van der Waals surface area (Å²) in [7, 11) is 0. The second-order valence-electron chi connectivity index (χ2n) is 4.29. The first-order valence-electron chi connectivity index (χ1n) is 5.75. The Morgan fingerprint density at radius 3 is 2.41 bits per heavy atom. The third kappa shape index (κ3) is 2.78. The molecule has 0 amide bonds. The van der Waals surface area contributed by atoms with E-state index in [1.807, 2.05) is 38.1 Å². The Balaban J connectivity index is 2.12. The van der Waals surface area contributed by atoms with Gasteiger partial charge in [-0.25, -0.2) is 0 Å². The lowest BCUT2D eigenvalue weighted by Gasteiger charge is -2.11. The summed E-state index contributed by atoms with van der Waals surface area (Å²) < 4.78 is 0. The first-order chi connectivity index (χ1) is 8.16. The van der Waals surface area contributed by atoms with Gasteiger partial charge in [0.15, 0.2) is 0 Å². The van der Waals surface area contributed by atoms with Gasteiger partial charge >= 0.3 is 0 Å². The van der Waals surface area contributed by atoms with Gasteiger partial charge in [0.1, 0.15) is 5.75 Å². The van der Waals surface area contributed by atoms with E-state index in [1.165, 1.54) is 5.56 Å². The summed E-state index contributed by atoms with van der Waals surface area (Å²) in [5, 5.41) is 13.0. The molecule has 0 bridgehead atoms. The zero-order chi connectivity index (χ0) is 12.3. The molecule has 2 aromatic rings. The van der Waals surface area contributed by atoms with E-state index in [2.05, 4.69) is 17.4 Å². The molecular weight excluding hydrogens is 210 g/mol. The van der Waals surface area contributed by atoms with Gasteiger partial charge in [0.2, 0.25) is 0 Å². The largest absolute Gasteiger partial charge is 0.508 e. The molecule has 88 valence electrons. The van der Waals surface area contributed by atoms with Crippen LogP contribution in [0.5, 0.6) is 5.75 Å². The fourth-order valence-corrected chi connectivity index (χ4v) is 1.78. The zero-order valence-electron chi connectivity index (χ0n) is 10.2. The fraction of sp³-hybridized carbons (Fsp3) is 0.200. The number of aromatic hydroxyl groups is 1. The Bertz CT molecular complexity index is 506. The molecule has 17 heavy (non-hydrogen) atoms. The van der Waals surface area contributed by atoms with Crippen LogP contribution in [0.4, 0.5) is 5.69 Å². The molecule has 0 fully saturated rings. The predicted octanol–water partition coefficient (Wildman–Crippen LogP) is 3.62. The van der Waals surface area contributed by atoms with Crippen molar-refractivity contribution in [1.82, 2.24) is 0 Å². The van der Waals surface area contributed by atoms with Crippen LogP contribution in [0.25, 0.3) is 0 Å². The fourth-order valence-electron chi connectivity index (χ4n) is 1.78. The van der Waals surface area contributed by atoms with Crippen LogP contribution >= 0.6 is 0 Å². The van der Waals surface area contributed by atoms with Gasteiger partial charge in [-0.15, -0.1) is 0 Å². The summed E-state index contributed by atoms with van der Waals surface area (Å²) >= 11 is 0. The van der Waals surface area contributed by atoms with Gasteiger partial charge in [0, 0.05) is 12.2 Å². The molecule has 0 heterocycles. The van der Waals surface area contributed by atoms with Gasteiger partial charge in [0.05, 0.1) is 0 Å². The van der Waals surface area contributed by atoms with E-state index in [-0.39, 0.29) is 0 Å². The van der Waals surface area contributed by atoms with E-state index >= 15 is 0 Å². The summed E-state index contributed by atoms with van der Waals surface area (Å²) in [6.45, 7) is 4.70. The standard InChI is InChI=1S/C15H17NO/c1-11-9-15(17)12(2)8-14(11)16-10-13-6-4-3-5-7-13/h3-9,16-17H,10H2,1-2H3. The highest BCUT2D eigenvalue weighted by Gasteiger charge is 2.02. The molecule has 2 nitrogen and oxygen atoms in total. The number of rotatable bonds is 3. The van der Waals surface area contributed by atoms with Crippen molar-refractivity contribution in [3.8, 4) is 5.75 Å². The highest BCUT2D eigenvalue weighted by atomic mass is 16.3. The molecule has 2 rings (SSSR count). The quantitative estimate of drug-likeness (QED) is 0.785. The molecule has 0 saturated carbocycles. The van der Waals surface area contributed by atoms with Crippen LogP contribution in [0, 0.1) is 13.8 Å². The second-order valence-corrected chi connectivity index (χ2v) is 4.29. The number of hydrogen-bond acceptors (Lipinski definition) is 2. The van der Waals surface area contributed by atoms with Crippen LogP contribution in [0.2, 0.25) is 0 Å². The van der Waals surface area contributed by atoms with Crippen molar-refractivity contribution in [3.63, 3.8) is 0 Å². The molecule has 2 heteroatoms. The molecule has 0 aliphatic heterocycles. The highest BCUT2D eigenvalue weighted by Crippen LogP contribution is 2.25. The third-order valence-corrected chi connectivity index (χ3v) is 2.87. The Labute approximate surface area is 102 Å². The first-order valence-corrected chi connectivity index (χ1v) is 5.75. The maximum atomic E-state index is 9.58. The number of aryl methyl sites for hydroxylation is 2. The molecule has 0 unspecified atom stereocenters. The molecule has 0 aliphatic carbocycles. The lowest BCUT2D eigenvalue weighted by molar-refractivity contribution is 0.471. The van der Waals surface area contributed by atoms with Gasteiger partial charge in [-0.05, 0) is 42.7 Å². The van der Waals surface area contributed by atoms with Crippen LogP contribution < -0.4 is 5.32 Å². The van der Waals surface area contributed by atoms with Crippen LogP contribution in [0.1, 0.15) is 16.7 Å². The minimum absolute atomic E-state index is 0.354. The van der Waals surface area contributed by atoms with Gasteiger partial charge in [-0.2, -0.15) is 0 Å². The van der Waals surface area contributed by atoms with Crippen LogP contribution in [0.15, 0.2) is 42.5 Å². The lowest BCUT2D eigenvalue weighted by atomic mass is 10.1. The van der Waals surface area contributed by atoms with Crippen LogP contribution in [0.3, 0.4) is 0 Å². The van der Waals surface area contributed by atoms with Crippen LogP contribution in [-0.2, 0) is 6.54 Å². The van der Waals surface area contributed by atoms with E-state index in [0.717, 1.165) is 23.4 Å². The van der Waals surface area contributed by atoms with Crippen molar-refractivity contribution in [2.75, 3.05) is 5.32 Å². The second kappa shape index (κ2) is 4.91. The smallest absolute Gasteiger partial charge is 0.118 e. The SMILES string of the molecule is Cc1cc(NCc2ccccc2)c(C)cc1O. The molecule has 2 aromatic carbocycles. The van der Waals surface area contributed by atoms with E-state index < -0.39 is 0 Å². The number of nitrogens with one attached hydrogen (secondary N) is 1. The van der Waals surface area contributed by atoms with Crippen molar-refractivity contribution in [1.29, 1.82) is 0 Å². The number of benzene rings is 2. The maximum Gasteiger partial charge on any atom is 0.118 e. The average Bonchev–Trinajstić information content (AvgIpc) is 2.33. The average molecular weight is 227 g/mol. The monoisotopic (exact) mass is 227 g/mol. The van der Waals surface area contributed by atoms with Gasteiger partial charge in [0.25, 0.3) is 0 Å². The maximum absolute atomic E-state index is 9.58. The van der Waals surface area contributed by atoms with E-state index in [0.29, 0.717) is 5.75 Å². The van der Waals surface area contributed by atoms with Crippen molar-refractivity contribution in [2.45, 2.75) is 20.4 Å². The minimum Gasteiger partial charge on any atom is -0.508 e. The molecule has 0 aromatic heterocycles. The molecule has 2 N–H and O–H groups in total. The van der Waals surface area contributed by atoms with Gasteiger partial charge in [-0.1, -0.05) is 30.3 Å². The van der Waals surface area contributed by atoms with Crippen molar-refractivity contribution >= 4 is 5.69 Å². The molecule has 0 radical (unpaired) electrons. The van der Waals surface area contributed by atoms with Crippen molar-refractivity contribution < 1.29 is 5.11 Å². The molecule has 0 atom stereocenters.